The minimum Gasteiger partial charge on any atom is -0.376 e. The summed E-state index contributed by atoms with van der Waals surface area (Å²) in [6, 6.07) is 7.68. The minimum absolute atomic E-state index is 0.0688. The first-order chi connectivity index (χ1) is 12.3. The van der Waals surface area contributed by atoms with Crippen molar-refractivity contribution in [3.8, 4) is 0 Å². The van der Waals surface area contributed by atoms with Gasteiger partial charge in [0.2, 0.25) is 0 Å². The number of rotatable bonds is 6. The molecule has 0 spiro atoms. The monoisotopic (exact) mass is 341 g/mol. The van der Waals surface area contributed by atoms with E-state index in [0.717, 1.165) is 42.4 Å². The maximum atomic E-state index is 12.3. The van der Waals surface area contributed by atoms with Gasteiger partial charge in [-0.25, -0.2) is 14.5 Å². The van der Waals surface area contributed by atoms with Crippen molar-refractivity contribution in [2.45, 2.75) is 44.9 Å². The fourth-order valence-corrected chi connectivity index (χ4v) is 3.07. The second-order valence-corrected chi connectivity index (χ2v) is 6.85. The number of ether oxygens (including phenoxy) is 1. The number of hydrogen-bond acceptors (Lipinski definition) is 4. The molecule has 2 aliphatic rings. The minimum atomic E-state index is -0.190. The van der Waals surface area contributed by atoms with E-state index in [0.29, 0.717) is 13.2 Å². The molecule has 7 nitrogen and oxygen atoms in total. The van der Waals surface area contributed by atoms with Gasteiger partial charge in [-0.3, -0.25) is 0 Å². The number of benzene rings is 1. The Morgan fingerprint density at radius 3 is 3.12 bits per heavy atom. The van der Waals surface area contributed by atoms with E-state index >= 15 is 0 Å². The van der Waals surface area contributed by atoms with Gasteiger partial charge in [0.1, 0.15) is 12.2 Å². The number of aromatic nitrogens is 3. The fourth-order valence-electron chi connectivity index (χ4n) is 3.07. The molecule has 0 radical (unpaired) electrons. The largest absolute Gasteiger partial charge is 0.376 e. The number of amides is 2. The zero-order valence-corrected chi connectivity index (χ0v) is 14.1. The van der Waals surface area contributed by atoms with Gasteiger partial charge >= 0.3 is 6.03 Å². The molecule has 132 valence electrons. The quantitative estimate of drug-likeness (QED) is 0.845. The summed E-state index contributed by atoms with van der Waals surface area (Å²) < 4.78 is 7.56. The van der Waals surface area contributed by atoms with Crippen molar-refractivity contribution < 1.29 is 9.53 Å². The molecule has 2 amide bonds. The predicted octanol–water partition coefficient (Wildman–Crippen LogP) is 2.34. The van der Waals surface area contributed by atoms with E-state index in [1.54, 1.807) is 6.33 Å². The molecule has 1 fully saturated rings. The van der Waals surface area contributed by atoms with Crippen molar-refractivity contribution in [3.05, 3.63) is 42.0 Å². The number of fused-ring (bicyclic) bond motifs is 1. The van der Waals surface area contributed by atoms with Crippen LogP contribution in [-0.2, 0) is 24.3 Å². The Bertz CT molecular complexity index is 741. The van der Waals surface area contributed by atoms with Crippen LogP contribution in [-0.4, -0.2) is 33.4 Å². The summed E-state index contributed by atoms with van der Waals surface area (Å²) in [4.78, 5) is 16.5. The summed E-state index contributed by atoms with van der Waals surface area (Å²) in [5, 5.41) is 10.1. The first-order valence-corrected chi connectivity index (χ1v) is 8.87. The molecule has 1 saturated carbocycles. The first kappa shape index (κ1) is 16.1. The highest BCUT2D eigenvalue weighted by Gasteiger charge is 2.22. The van der Waals surface area contributed by atoms with E-state index in [2.05, 4.69) is 20.7 Å². The van der Waals surface area contributed by atoms with Crippen LogP contribution in [0.1, 0.15) is 30.7 Å². The number of nitrogens with zero attached hydrogens (tertiary/aromatic N) is 3. The average Bonchev–Trinajstić information content (AvgIpc) is 3.30. The number of carbonyl (C=O) groups is 1. The highest BCUT2D eigenvalue weighted by molar-refractivity contribution is 5.89. The maximum absolute atomic E-state index is 12.3. The number of aryl methyl sites for hydroxylation is 1. The standard InChI is InChI=1S/C18H23N5O2/c24-18(22-16-6-7-17-19-12-20-23(17)9-16)21-15-3-1-2-14(8-15)11-25-10-13-4-5-13/h1-3,8,12-13,16H,4-7,9-11H2,(H2,21,22,24). The molecular weight excluding hydrogens is 318 g/mol. The molecule has 1 unspecified atom stereocenters. The first-order valence-electron chi connectivity index (χ1n) is 8.87. The van der Waals surface area contributed by atoms with Crippen molar-refractivity contribution >= 4 is 11.7 Å². The lowest BCUT2D eigenvalue weighted by Crippen LogP contribution is -2.43. The molecule has 1 aliphatic carbocycles. The number of nitrogens with one attached hydrogen (secondary N) is 2. The molecule has 2 N–H and O–H groups in total. The molecule has 2 heterocycles. The lowest BCUT2D eigenvalue weighted by molar-refractivity contribution is 0.111. The van der Waals surface area contributed by atoms with E-state index in [1.807, 2.05) is 28.9 Å². The summed E-state index contributed by atoms with van der Waals surface area (Å²) in [6.45, 7) is 2.09. The smallest absolute Gasteiger partial charge is 0.319 e. The van der Waals surface area contributed by atoms with Gasteiger partial charge < -0.3 is 15.4 Å². The van der Waals surface area contributed by atoms with Crippen LogP contribution in [0.15, 0.2) is 30.6 Å². The van der Waals surface area contributed by atoms with Crippen molar-refractivity contribution in [1.29, 1.82) is 0 Å². The fraction of sp³-hybridized carbons (Fsp3) is 0.500. The molecule has 2 aromatic rings. The van der Waals surface area contributed by atoms with E-state index < -0.39 is 0 Å². The normalized spacial score (nSPS) is 19.3. The van der Waals surface area contributed by atoms with E-state index in [4.69, 9.17) is 4.74 Å². The second-order valence-electron chi connectivity index (χ2n) is 6.85. The summed E-state index contributed by atoms with van der Waals surface area (Å²) in [6.07, 6.45) is 5.85. The van der Waals surface area contributed by atoms with Gasteiger partial charge in [-0.2, -0.15) is 5.10 Å². The third-order valence-electron chi connectivity index (χ3n) is 4.64. The van der Waals surface area contributed by atoms with Crippen LogP contribution < -0.4 is 10.6 Å². The van der Waals surface area contributed by atoms with Crippen molar-refractivity contribution in [1.82, 2.24) is 20.1 Å². The SMILES string of the molecule is O=C(Nc1cccc(COCC2CC2)c1)NC1CCc2ncnn2C1. The van der Waals surface area contributed by atoms with E-state index in [9.17, 15) is 4.79 Å². The molecule has 0 saturated heterocycles. The molecule has 1 aliphatic heterocycles. The van der Waals surface area contributed by atoms with Gasteiger partial charge in [0.15, 0.2) is 0 Å². The Balaban J connectivity index is 1.27. The van der Waals surface area contributed by atoms with Crippen LogP contribution in [0.3, 0.4) is 0 Å². The summed E-state index contributed by atoms with van der Waals surface area (Å²) in [7, 11) is 0. The Morgan fingerprint density at radius 2 is 2.24 bits per heavy atom. The highest BCUT2D eigenvalue weighted by atomic mass is 16.5. The molecular formula is C18H23N5O2. The Hall–Kier alpha value is -2.41. The number of hydrogen-bond donors (Lipinski definition) is 2. The Kier molecular flexibility index (Phi) is 4.65. The molecule has 25 heavy (non-hydrogen) atoms. The number of anilines is 1. The van der Waals surface area contributed by atoms with Crippen LogP contribution in [0.4, 0.5) is 10.5 Å². The van der Waals surface area contributed by atoms with Gasteiger partial charge in [-0.05, 0) is 42.9 Å². The summed E-state index contributed by atoms with van der Waals surface area (Å²) >= 11 is 0. The third kappa shape index (κ3) is 4.36. The van der Waals surface area contributed by atoms with Crippen LogP contribution in [0.25, 0.3) is 0 Å². The average molecular weight is 341 g/mol. The van der Waals surface area contributed by atoms with Crippen LogP contribution >= 0.6 is 0 Å². The zero-order valence-electron chi connectivity index (χ0n) is 14.1. The molecule has 7 heteroatoms. The summed E-state index contributed by atoms with van der Waals surface area (Å²) in [5.74, 6) is 1.74. The molecule has 1 aromatic heterocycles. The zero-order chi connectivity index (χ0) is 17.1. The Morgan fingerprint density at radius 1 is 1.32 bits per heavy atom. The topological polar surface area (TPSA) is 81.1 Å². The van der Waals surface area contributed by atoms with Crippen LogP contribution in [0, 0.1) is 5.92 Å². The molecule has 1 aromatic carbocycles. The molecule has 0 bridgehead atoms. The highest BCUT2D eigenvalue weighted by Crippen LogP contribution is 2.29. The molecule has 1 atom stereocenters. The van der Waals surface area contributed by atoms with Gasteiger partial charge in [-0.1, -0.05) is 12.1 Å². The van der Waals surface area contributed by atoms with Gasteiger partial charge in [0.05, 0.1) is 19.2 Å². The second kappa shape index (κ2) is 7.23. The summed E-state index contributed by atoms with van der Waals surface area (Å²) in [5.41, 5.74) is 1.85. The van der Waals surface area contributed by atoms with Crippen LogP contribution in [0.2, 0.25) is 0 Å². The third-order valence-corrected chi connectivity index (χ3v) is 4.64. The van der Waals surface area contributed by atoms with Gasteiger partial charge in [0.25, 0.3) is 0 Å². The van der Waals surface area contributed by atoms with Crippen molar-refractivity contribution in [2.24, 2.45) is 5.92 Å². The van der Waals surface area contributed by atoms with E-state index in [-0.39, 0.29) is 12.1 Å². The lowest BCUT2D eigenvalue weighted by atomic mass is 10.1. The van der Waals surface area contributed by atoms with Gasteiger partial charge in [0, 0.05) is 18.7 Å². The lowest BCUT2D eigenvalue weighted by Gasteiger charge is -2.23. The Labute approximate surface area is 146 Å². The predicted molar refractivity (Wildman–Crippen MR) is 93.1 cm³/mol. The number of urea groups is 1. The van der Waals surface area contributed by atoms with E-state index in [1.165, 1.54) is 12.8 Å². The van der Waals surface area contributed by atoms with Crippen molar-refractivity contribution in [3.63, 3.8) is 0 Å². The number of carbonyl (C=O) groups excluding carboxylic acids is 1. The van der Waals surface area contributed by atoms with Crippen LogP contribution in [0.5, 0.6) is 0 Å². The van der Waals surface area contributed by atoms with Crippen molar-refractivity contribution in [2.75, 3.05) is 11.9 Å². The molecule has 4 rings (SSSR count). The van der Waals surface area contributed by atoms with Gasteiger partial charge in [-0.15, -0.1) is 0 Å². The maximum Gasteiger partial charge on any atom is 0.319 e.